The van der Waals surface area contributed by atoms with Gasteiger partial charge in [0.1, 0.15) is 17.2 Å². The van der Waals surface area contributed by atoms with E-state index < -0.39 is 28.2 Å². The molecule has 4 heterocycles. The molecule has 2 fully saturated rings. The van der Waals surface area contributed by atoms with Crippen molar-refractivity contribution in [2.75, 3.05) is 63.2 Å². The lowest BCUT2D eigenvalue weighted by molar-refractivity contribution is -0.121. The molecule has 47 heavy (non-hydrogen) atoms. The van der Waals surface area contributed by atoms with Gasteiger partial charge in [0.2, 0.25) is 5.91 Å². The Kier molecular flexibility index (Phi) is 9.74. The number of rotatable bonds is 6. The van der Waals surface area contributed by atoms with Gasteiger partial charge in [0.15, 0.2) is 0 Å². The number of halogens is 2. The van der Waals surface area contributed by atoms with E-state index in [4.69, 9.17) is 15.3 Å². The van der Waals surface area contributed by atoms with Crippen LogP contribution in [0.1, 0.15) is 65.3 Å². The minimum absolute atomic E-state index is 0.0804. The number of nitrogens with zero attached hydrogens (tertiary/aromatic N) is 5. The van der Waals surface area contributed by atoms with Crippen molar-refractivity contribution in [1.29, 1.82) is 0 Å². The normalized spacial score (nSPS) is 23.6. The second kappa shape index (κ2) is 13.2. The molecule has 0 unspecified atom stereocenters. The molecule has 0 bridgehead atoms. The first-order chi connectivity index (χ1) is 21.9. The van der Waals surface area contributed by atoms with E-state index in [-0.39, 0.29) is 54.2 Å². The highest BCUT2D eigenvalue weighted by Gasteiger charge is 2.44. The minimum Gasteiger partial charge on any atom is -0.444 e. The number of nitrogen functional groups attached to an aromatic ring is 1. The Morgan fingerprint density at radius 1 is 1.06 bits per heavy atom. The number of benzene rings is 1. The van der Waals surface area contributed by atoms with Crippen LogP contribution in [0.2, 0.25) is 0 Å². The number of hydrogen-bond acceptors (Lipinski definition) is 8. The molecule has 3 atom stereocenters. The molecule has 2 N–H and O–H groups in total. The van der Waals surface area contributed by atoms with Crippen molar-refractivity contribution in [3.8, 4) is 0 Å². The molecule has 0 radical (unpaired) electrons. The van der Waals surface area contributed by atoms with Crippen LogP contribution in [0.4, 0.5) is 19.3 Å². The first kappa shape index (κ1) is 34.8. The zero-order valence-corrected chi connectivity index (χ0v) is 28.5. The van der Waals surface area contributed by atoms with Crippen LogP contribution in [0, 0.1) is 11.6 Å². The third-order valence-electron chi connectivity index (χ3n) is 9.34. The first-order valence-corrected chi connectivity index (χ1v) is 16.3. The number of carbonyl (C=O) groups is 2. The Morgan fingerprint density at radius 2 is 1.79 bits per heavy atom. The quantitative estimate of drug-likeness (QED) is 0.472. The van der Waals surface area contributed by atoms with Gasteiger partial charge in [-0.25, -0.2) is 18.3 Å². The number of carbonyl (C=O) groups excluding carboxylic acids is 2. The summed E-state index contributed by atoms with van der Waals surface area (Å²) in [5.74, 6) is 4.71. The summed E-state index contributed by atoms with van der Waals surface area (Å²) in [5, 5.41) is 0. The van der Waals surface area contributed by atoms with Gasteiger partial charge in [0, 0.05) is 74.3 Å². The first-order valence-electron chi connectivity index (χ1n) is 16.3. The molecular formula is C34H48F2N6O5. The van der Waals surface area contributed by atoms with Crippen molar-refractivity contribution in [3.05, 3.63) is 63.1 Å². The van der Waals surface area contributed by atoms with Crippen LogP contribution in [0.15, 0.2) is 29.1 Å². The predicted molar refractivity (Wildman–Crippen MR) is 175 cm³/mol. The van der Waals surface area contributed by atoms with Crippen LogP contribution in [-0.2, 0) is 26.1 Å². The lowest BCUT2D eigenvalue weighted by Crippen LogP contribution is -2.64. The lowest BCUT2D eigenvalue weighted by atomic mass is 9.90. The average molecular weight is 659 g/mol. The van der Waals surface area contributed by atoms with Gasteiger partial charge in [-0.1, -0.05) is 19.9 Å². The van der Waals surface area contributed by atoms with Crippen molar-refractivity contribution >= 4 is 17.7 Å². The average Bonchev–Trinajstić information content (AvgIpc) is 3.24. The van der Waals surface area contributed by atoms with Crippen LogP contribution in [-0.4, -0.2) is 108 Å². The monoisotopic (exact) mass is 658 g/mol. The van der Waals surface area contributed by atoms with Gasteiger partial charge in [0.25, 0.3) is 5.56 Å². The molecule has 2 saturated heterocycles. The minimum atomic E-state index is -0.762. The summed E-state index contributed by atoms with van der Waals surface area (Å²) in [5.41, 5.74) is -0.411. The number of pyridine rings is 1. The van der Waals surface area contributed by atoms with Crippen molar-refractivity contribution in [1.82, 2.24) is 19.4 Å². The summed E-state index contributed by atoms with van der Waals surface area (Å²) in [7, 11) is 0. The van der Waals surface area contributed by atoms with Gasteiger partial charge in [-0.05, 0) is 52.3 Å². The van der Waals surface area contributed by atoms with Gasteiger partial charge in [-0.2, -0.15) is 0 Å². The second-order valence-electron chi connectivity index (χ2n) is 14.8. The van der Waals surface area contributed by atoms with Gasteiger partial charge in [0.05, 0.1) is 31.1 Å². The van der Waals surface area contributed by atoms with Crippen molar-refractivity contribution in [2.45, 2.75) is 84.0 Å². The van der Waals surface area contributed by atoms with Gasteiger partial charge < -0.3 is 25.1 Å². The summed E-state index contributed by atoms with van der Waals surface area (Å²) in [6, 6.07) is 4.67. The van der Waals surface area contributed by atoms with Crippen LogP contribution in [0.5, 0.6) is 0 Å². The Morgan fingerprint density at radius 3 is 2.45 bits per heavy atom. The van der Waals surface area contributed by atoms with E-state index in [1.165, 1.54) is 6.07 Å². The number of anilines is 1. The van der Waals surface area contributed by atoms with E-state index in [1.54, 1.807) is 15.9 Å². The fourth-order valence-corrected chi connectivity index (χ4v) is 6.94. The molecule has 3 aliphatic heterocycles. The number of fused-ring (bicyclic) bond motifs is 1. The van der Waals surface area contributed by atoms with Crippen molar-refractivity contribution < 1.29 is 27.8 Å². The number of morpholine rings is 1. The van der Waals surface area contributed by atoms with Gasteiger partial charge in [-0.3, -0.25) is 19.4 Å². The number of ether oxygens (including phenoxy) is 2. The van der Waals surface area contributed by atoms with E-state index in [1.807, 2.05) is 41.5 Å². The number of nitrogens with two attached hydrogens (primary N) is 1. The molecular weight excluding hydrogens is 610 g/mol. The van der Waals surface area contributed by atoms with Crippen LogP contribution < -0.4 is 16.3 Å². The van der Waals surface area contributed by atoms with E-state index >= 15 is 0 Å². The highest BCUT2D eigenvalue weighted by molar-refractivity contribution is 5.97. The highest BCUT2D eigenvalue weighted by Crippen LogP contribution is 2.40. The van der Waals surface area contributed by atoms with E-state index in [9.17, 15) is 23.2 Å². The third-order valence-corrected chi connectivity index (χ3v) is 9.34. The summed E-state index contributed by atoms with van der Waals surface area (Å²) in [6.45, 7) is 17.3. The summed E-state index contributed by atoms with van der Waals surface area (Å²) in [6.07, 6.45) is -0.487. The van der Waals surface area contributed by atoms with Gasteiger partial charge >= 0.3 is 6.09 Å². The van der Waals surface area contributed by atoms with Crippen molar-refractivity contribution in [2.24, 2.45) is 0 Å². The largest absolute Gasteiger partial charge is 0.444 e. The molecule has 2 amide bonds. The Labute approximate surface area is 275 Å². The molecule has 0 aliphatic carbocycles. The molecule has 3 aliphatic rings. The second-order valence-corrected chi connectivity index (χ2v) is 14.8. The smallest absolute Gasteiger partial charge is 0.410 e. The Bertz CT molecular complexity index is 1570. The van der Waals surface area contributed by atoms with Crippen LogP contribution in [0.25, 0.3) is 0 Å². The lowest BCUT2D eigenvalue weighted by Gasteiger charge is -2.47. The molecule has 5 rings (SSSR count). The third kappa shape index (κ3) is 7.47. The maximum Gasteiger partial charge on any atom is 0.410 e. The number of hydrogen-bond donors (Lipinski definition) is 1. The fourth-order valence-electron chi connectivity index (χ4n) is 6.94. The molecule has 1 aromatic carbocycles. The van der Waals surface area contributed by atoms with E-state index in [0.717, 1.165) is 23.4 Å². The van der Waals surface area contributed by atoms with Crippen molar-refractivity contribution in [3.63, 3.8) is 0 Å². The molecule has 258 valence electrons. The molecule has 0 spiro atoms. The number of piperazine rings is 1. The number of amides is 2. The molecule has 1 aromatic heterocycles. The predicted octanol–water partition coefficient (Wildman–Crippen LogP) is 3.09. The summed E-state index contributed by atoms with van der Waals surface area (Å²) >= 11 is 0. The SMILES string of the molecule is C[C@@H]1COCCN1C[C@H]1CN(C(=O)OC(C)(C)C)[C@H](C)CN1CC(=O)N1CC(C)(C)c2c1cc(Cc1ccc(F)cc1F)c(=O)n2N. The van der Waals surface area contributed by atoms with E-state index in [0.29, 0.717) is 50.8 Å². The highest BCUT2D eigenvalue weighted by atomic mass is 19.1. The topological polar surface area (TPSA) is 114 Å². The Balaban J connectivity index is 1.42. The zero-order chi connectivity index (χ0) is 34.4. The van der Waals surface area contributed by atoms with Crippen LogP contribution in [0.3, 0.4) is 0 Å². The zero-order valence-electron chi connectivity index (χ0n) is 28.5. The standard InChI is InChI=1S/C34H48F2N6O5/c1-21-15-39(26(16-38-10-11-46-19-22(38)2)17-40(21)32(45)47-33(3,4)5)18-29(43)41-20-34(6,7)30-28(41)13-24(31(44)42(30)37)12-23-8-9-25(35)14-27(23)36/h8-9,13-14,21-22,26H,10-12,15-20,37H2,1-7H3/t21-,22-,26+/m1/s1. The van der Waals surface area contributed by atoms with E-state index in [2.05, 4.69) is 16.7 Å². The molecule has 11 nitrogen and oxygen atoms in total. The van der Waals surface area contributed by atoms with Gasteiger partial charge in [-0.15, -0.1) is 0 Å². The maximum absolute atomic E-state index is 14.6. The summed E-state index contributed by atoms with van der Waals surface area (Å²) in [4.78, 5) is 48.7. The summed E-state index contributed by atoms with van der Waals surface area (Å²) < 4.78 is 40.5. The fraction of sp³-hybridized carbons (Fsp3) is 0.618. The number of aromatic nitrogens is 1. The molecule has 13 heteroatoms. The van der Waals surface area contributed by atoms with Crippen LogP contribution >= 0.6 is 0 Å². The molecule has 2 aromatic rings. The molecule has 0 saturated carbocycles. The Hall–Kier alpha value is -3.55. The maximum atomic E-state index is 14.6.